The number of nitrogens with zero attached hydrogens (tertiary/aromatic N) is 1. The van der Waals surface area contributed by atoms with E-state index in [1.54, 1.807) is 7.11 Å². The Balaban J connectivity index is 1.82. The summed E-state index contributed by atoms with van der Waals surface area (Å²) in [6.45, 7) is 0. The van der Waals surface area contributed by atoms with Crippen LogP contribution in [0.4, 0.5) is 5.69 Å². The molecule has 0 bridgehead atoms. The molecule has 0 aliphatic rings. The van der Waals surface area contributed by atoms with Gasteiger partial charge in [-0.25, -0.2) is 0 Å². The lowest BCUT2D eigenvalue weighted by Gasteiger charge is -2.31. The van der Waals surface area contributed by atoms with Crippen molar-refractivity contribution in [1.82, 2.24) is 0 Å². The number of methoxy groups -OCH3 is 1. The third kappa shape index (κ3) is 5.21. The van der Waals surface area contributed by atoms with Crippen LogP contribution in [-0.2, 0) is 0 Å². The monoisotopic (exact) mass is 505 g/mol. The molecule has 0 amide bonds. The Morgan fingerprint density at radius 3 is 1.44 bits per heavy atom. The van der Waals surface area contributed by atoms with Crippen LogP contribution >= 0.6 is 15.0 Å². The molecule has 4 heteroatoms. The average molecular weight is 506 g/mol. The zero-order valence-electron chi connectivity index (χ0n) is 20.3. The van der Waals surface area contributed by atoms with Crippen molar-refractivity contribution in [3.05, 3.63) is 146 Å². The maximum Gasteiger partial charge on any atom is 0.144 e. The van der Waals surface area contributed by atoms with Gasteiger partial charge in [0.05, 0.1) is 7.11 Å². The smallest absolute Gasteiger partial charge is 0.144 e. The molecule has 5 aromatic rings. The van der Waals surface area contributed by atoms with Crippen molar-refractivity contribution in [2.45, 2.75) is 0 Å². The number of ether oxygens (including phenoxy) is 1. The van der Waals surface area contributed by atoms with Crippen molar-refractivity contribution in [2.24, 2.45) is 4.74 Å². The number of hydrogen-bond acceptors (Lipinski definition) is 2. The lowest BCUT2D eigenvalue weighted by molar-refractivity contribution is 0.416. The molecule has 0 unspecified atom stereocenters. The van der Waals surface area contributed by atoms with Gasteiger partial charge in [-0.05, 0) is 41.3 Å². The molecule has 0 radical (unpaired) electrons. The molecule has 36 heavy (non-hydrogen) atoms. The van der Waals surface area contributed by atoms with Crippen LogP contribution in [-0.4, -0.2) is 13.0 Å². The first-order valence-corrected chi connectivity index (χ1v) is 15.5. The molecular formula is C32H29NOP2. The normalized spacial score (nSPS) is 11.3. The Morgan fingerprint density at radius 1 is 0.556 bits per heavy atom. The summed E-state index contributed by atoms with van der Waals surface area (Å²) >= 11 is 0. The molecule has 0 atom stereocenters. The minimum absolute atomic E-state index is 0.681. The van der Waals surface area contributed by atoms with Crippen LogP contribution in [0.2, 0.25) is 0 Å². The molecule has 5 aromatic carbocycles. The number of hydrogen-bond donors (Lipinski definition) is 0. The summed E-state index contributed by atoms with van der Waals surface area (Å²) in [6, 6.07) is 51.7. The van der Waals surface area contributed by atoms with E-state index in [-0.39, 0.29) is 0 Å². The second kappa shape index (κ2) is 11.5. The Bertz CT molecular complexity index is 1360. The summed E-state index contributed by atoms with van der Waals surface area (Å²) in [5.41, 5.74) is 0.900. The molecule has 0 saturated carbocycles. The van der Waals surface area contributed by atoms with Gasteiger partial charge in [-0.15, -0.1) is 0 Å². The molecule has 0 N–H and O–H groups in total. The van der Waals surface area contributed by atoms with Crippen molar-refractivity contribution in [3.63, 3.8) is 0 Å². The Morgan fingerprint density at radius 2 is 0.972 bits per heavy atom. The largest absolute Gasteiger partial charge is 0.494 e. The fourth-order valence-electron chi connectivity index (χ4n) is 4.44. The van der Waals surface area contributed by atoms with Gasteiger partial charge >= 0.3 is 0 Å². The SMILES string of the molecule is COc1ccccc1N=P(CP(c1ccccc1)c1ccccc1)(c1ccccc1)c1ccccc1. The summed E-state index contributed by atoms with van der Waals surface area (Å²) in [5.74, 6) is 1.74. The van der Waals surface area contributed by atoms with Crippen LogP contribution in [0.15, 0.2) is 150 Å². The van der Waals surface area contributed by atoms with Crippen LogP contribution in [0, 0.1) is 0 Å². The van der Waals surface area contributed by atoms with E-state index in [1.165, 1.54) is 21.2 Å². The second-order valence-corrected chi connectivity index (χ2v) is 14.2. The molecule has 0 aliphatic heterocycles. The lowest BCUT2D eigenvalue weighted by Crippen LogP contribution is -2.23. The quantitative estimate of drug-likeness (QED) is 0.203. The molecule has 2 nitrogen and oxygen atoms in total. The highest BCUT2D eigenvalue weighted by Crippen LogP contribution is 2.59. The average Bonchev–Trinajstić information content (AvgIpc) is 2.97. The van der Waals surface area contributed by atoms with Gasteiger partial charge in [-0.2, -0.15) is 0 Å². The molecular weight excluding hydrogens is 476 g/mol. The molecule has 0 spiro atoms. The molecule has 0 heterocycles. The van der Waals surface area contributed by atoms with Gasteiger partial charge < -0.3 is 4.74 Å². The van der Waals surface area contributed by atoms with Crippen molar-refractivity contribution >= 4 is 41.9 Å². The van der Waals surface area contributed by atoms with E-state index >= 15 is 0 Å². The van der Waals surface area contributed by atoms with Crippen LogP contribution in [0.25, 0.3) is 0 Å². The third-order valence-corrected chi connectivity index (χ3v) is 13.7. The van der Waals surface area contributed by atoms with Crippen LogP contribution < -0.4 is 26.0 Å². The summed E-state index contributed by atoms with van der Waals surface area (Å²) in [4.78, 5) is 0. The molecule has 0 saturated heterocycles. The minimum atomic E-state index is -2.28. The van der Waals surface area contributed by atoms with Gasteiger partial charge in [0.2, 0.25) is 0 Å². The summed E-state index contributed by atoms with van der Waals surface area (Å²) < 4.78 is 11.5. The highest BCUT2D eigenvalue weighted by atomic mass is 31.2. The maximum absolute atomic E-state index is 5.77. The second-order valence-electron chi connectivity index (χ2n) is 8.45. The first-order chi connectivity index (χ1) is 17.8. The minimum Gasteiger partial charge on any atom is -0.494 e. The zero-order chi connectivity index (χ0) is 24.6. The highest BCUT2D eigenvalue weighted by Gasteiger charge is 2.30. The van der Waals surface area contributed by atoms with E-state index in [0.29, 0.717) is 0 Å². The van der Waals surface area contributed by atoms with Gasteiger partial charge in [0.25, 0.3) is 0 Å². The summed E-state index contributed by atoms with van der Waals surface area (Å²) in [7, 11) is -1.23. The van der Waals surface area contributed by atoms with E-state index in [2.05, 4.69) is 127 Å². The molecule has 0 aromatic heterocycles. The number of rotatable bonds is 8. The topological polar surface area (TPSA) is 21.6 Å². The fraction of sp³-hybridized carbons (Fsp3) is 0.0625. The lowest BCUT2D eigenvalue weighted by atomic mass is 10.3. The van der Waals surface area contributed by atoms with E-state index in [0.717, 1.165) is 17.3 Å². The van der Waals surface area contributed by atoms with Crippen LogP contribution in [0.1, 0.15) is 0 Å². The van der Waals surface area contributed by atoms with Crippen molar-refractivity contribution in [2.75, 3.05) is 13.0 Å². The Kier molecular flexibility index (Phi) is 7.77. The zero-order valence-corrected chi connectivity index (χ0v) is 22.1. The van der Waals surface area contributed by atoms with E-state index < -0.39 is 15.0 Å². The number of benzene rings is 5. The van der Waals surface area contributed by atoms with Gasteiger partial charge in [-0.1, -0.05) is 133 Å². The molecule has 0 aliphatic carbocycles. The predicted molar refractivity (Wildman–Crippen MR) is 158 cm³/mol. The Labute approximate surface area is 215 Å². The van der Waals surface area contributed by atoms with E-state index in [9.17, 15) is 0 Å². The molecule has 5 rings (SSSR count). The van der Waals surface area contributed by atoms with Gasteiger partial charge in [0, 0.05) is 13.0 Å². The van der Waals surface area contributed by atoms with Gasteiger partial charge in [0.1, 0.15) is 11.4 Å². The van der Waals surface area contributed by atoms with Crippen LogP contribution in [0.3, 0.4) is 0 Å². The number of para-hydroxylation sites is 1. The third-order valence-electron chi connectivity index (χ3n) is 6.21. The van der Waals surface area contributed by atoms with E-state index in [4.69, 9.17) is 9.48 Å². The standard InChI is InChI=1S/C32H29NOP2/c1-34-32-25-15-14-24-31(32)33-36(29-20-10-4-11-21-29,30-22-12-5-13-23-30)26-35(27-16-6-2-7-17-27)28-18-8-3-9-19-28/h2-25H,26H2,1H3. The molecule has 0 fully saturated rings. The summed E-state index contributed by atoms with van der Waals surface area (Å²) in [6.07, 6.45) is 0. The van der Waals surface area contributed by atoms with Gasteiger partial charge in [0.15, 0.2) is 0 Å². The van der Waals surface area contributed by atoms with E-state index in [1.807, 2.05) is 18.2 Å². The predicted octanol–water partition coefficient (Wildman–Crippen LogP) is 7.27. The van der Waals surface area contributed by atoms with Crippen LogP contribution in [0.5, 0.6) is 5.75 Å². The van der Waals surface area contributed by atoms with Crippen molar-refractivity contribution in [1.29, 1.82) is 0 Å². The first kappa shape index (κ1) is 24.3. The summed E-state index contributed by atoms with van der Waals surface area (Å²) in [5, 5.41) is 5.29. The van der Waals surface area contributed by atoms with Crippen molar-refractivity contribution < 1.29 is 4.74 Å². The molecule has 178 valence electrons. The van der Waals surface area contributed by atoms with Crippen molar-refractivity contribution in [3.8, 4) is 5.75 Å². The fourth-order valence-corrected chi connectivity index (χ4v) is 12.7. The highest BCUT2D eigenvalue weighted by molar-refractivity contribution is 7.92. The Hall–Kier alpha value is -3.44. The maximum atomic E-state index is 5.77. The van der Waals surface area contributed by atoms with Gasteiger partial charge in [-0.3, -0.25) is 4.74 Å². The first-order valence-electron chi connectivity index (χ1n) is 12.0.